The maximum atomic E-state index is 11.9. The summed E-state index contributed by atoms with van der Waals surface area (Å²) in [6, 6.07) is 9.97. The second-order valence-electron chi connectivity index (χ2n) is 7.01. The molecule has 1 aromatic carbocycles. The van der Waals surface area contributed by atoms with Crippen LogP contribution in [0, 0.1) is 0 Å². The molecule has 0 unspecified atom stereocenters. The summed E-state index contributed by atoms with van der Waals surface area (Å²) in [5.41, 5.74) is 1.84. The van der Waals surface area contributed by atoms with E-state index in [9.17, 15) is 4.79 Å². The van der Waals surface area contributed by atoms with Crippen molar-refractivity contribution >= 4 is 11.7 Å². The number of aromatic nitrogens is 1. The lowest BCUT2D eigenvalue weighted by Crippen LogP contribution is -2.46. The molecule has 7 nitrogen and oxygen atoms in total. The van der Waals surface area contributed by atoms with E-state index in [1.807, 2.05) is 25.1 Å². The van der Waals surface area contributed by atoms with Crippen LogP contribution in [0.3, 0.4) is 0 Å². The van der Waals surface area contributed by atoms with Gasteiger partial charge in [-0.3, -0.25) is 9.69 Å². The predicted molar refractivity (Wildman–Crippen MR) is 107 cm³/mol. The van der Waals surface area contributed by atoms with Gasteiger partial charge in [-0.1, -0.05) is 6.07 Å². The largest absolute Gasteiger partial charge is 0.486 e. The molecule has 1 amide bonds. The molecule has 0 aliphatic carbocycles. The topological polar surface area (TPSA) is 66.9 Å². The number of ether oxygens (including phenoxy) is 2. The van der Waals surface area contributed by atoms with E-state index in [2.05, 4.69) is 32.2 Å². The van der Waals surface area contributed by atoms with Crippen molar-refractivity contribution in [3.05, 3.63) is 47.7 Å². The third-order valence-corrected chi connectivity index (χ3v) is 5.06. The summed E-state index contributed by atoms with van der Waals surface area (Å²) in [6.45, 7) is 8.41. The summed E-state index contributed by atoms with van der Waals surface area (Å²) in [7, 11) is 0. The van der Waals surface area contributed by atoms with Gasteiger partial charge in [-0.15, -0.1) is 0 Å². The number of rotatable bonds is 5. The molecule has 1 N–H and O–H groups in total. The van der Waals surface area contributed by atoms with Crippen molar-refractivity contribution in [2.75, 3.05) is 50.8 Å². The number of fused-ring (bicyclic) bond motifs is 1. The van der Waals surface area contributed by atoms with Gasteiger partial charge in [-0.25, -0.2) is 4.98 Å². The van der Waals surface area contributed by atoms with Crippen LogP contribution in [0.25, 0.3) is 0 Å². The molecule has 4 rings (SSSR count). The Hall–Kier alpha value is -2.80. The molecule has 28 heavy (non-hydrogen) atoms. The highest BCUT2D eigenvalue weighted by Gasteiger charge is 2.19. The molecule has 0 spiro atoms. The molecule has 0 atom stereocenters. The van der Waals surface area contributed by atoms with Gasteiger partial charge in [0, 0.05) is 45.5 Å². The van der Waals surface area contributed by atoms with Gasteiger partial charge in [0.2, 0.25) is 0 Å². The Balaban J connectivity index is 1.31. The first kappa shape index (κ1) is 18.6. The van der Waals surface area contributed by atoms with Crippen LogP contribution >= 0.6 is 0 Å². The van der Waals surface area contributed by atoms with Crippen molar-refractivity contribution in [3.8, 4) is 11.5 Å². The van der Waals surface area contributed by atoms with Crippen LogP contribution in [-0.2, 0) is 6.54 Å². The average Bonchev–Trinajstić information content (AvgIpc) is 2.74. The van der Waals surface area contributed by atoms with Crippen molar-refractivity contribution < 1.29 is 14.3 Å². The zero-order chi connectivity index (χ0) is 19.3. The van der Waals surface area contributed by atoms with Crippen molar-refractivity contribution in [1.82, 2.24) is 15.2 Å². The van der Waals surface area contributed by atoms with Gasteiger partial charge in [0.25, 0.3) is 5.91 Å². The summed E-state index contributed by atoms with van der Waals surface area (Å²) < 4.78 is 11.3. The normalized spacial score (nSPS) is 16.7. The Morgan fingerprint density at radius 1 is 1.07 bits per heavy atom. The number of hydrogen-bond donors (Lipinski definition) is 1. The van der Waals surface area contributed by atoms with Gasteiger partial charge in [-0.05, 0) is 36.8 Å². The van der Waals surface area contributed by atoms with Crippen LogP contribution in [-0.4, -0.2) is 61.7 Å². The second-order valence-corrected chi connectivity index (χ2v) is 7.01. The average molecular weight is 382 g/mol. The molecule has 3 heterocycles. The zero-order valence-electron chi connectivity index (χ0n) is 16.2. The maximum absolute atomic E-state index is 11.9. The van der Waals surface area contributed by atoms with Crippen LogP contribution in [0.5, 0.6) is 11.5 Å². The fraction of sp³-hybridized carbons (Fsp3) is 0.429. The van der Waals surface area contributed by atoms with Crippen LogP contribution < -0.4 is 19.7 Å². The minimum absolute atomic E-state index is 0.0780. The molecule has 0 bridgehead atoms. The molecule has 2 aliphatic heterocycles. The van der Waals surface area contributed by atoms with Gasteiger partial charge in [-0.2, -0.15) is 0 Å². The number of carbonyl (C=O) groups excluding carboxylic acids is 1. The van der Waals surface area contributed by atoms with Gasteiger partial charge >= 0.3 is 0 Å². The Bertz CT molecular complexity index is 817. The molecule has 0 saturated carbocycles. The molecule has 148 valence electrons. The van der Waals surface area contributed by atoms with Crippen molar-refractivity contribution in [3.63, 3.8) is 0 Å². The SMILES string of the molecule is CCNC(=O)c1ccc(N2CCN(Cc3ccc4c(c3)OCCO4)CC2)nc1. The first-order valence-corrected chi connectivity index (χ1v) is 9.83. The van der Waals surface area contributed by atoms with Crippen molar-refractivity contribution in [1.29, 1.82) is 0 Å². The Kier molecular flexibility index (Phi) is 5.62. The van der Waals surface area contributed by atoms with Gasteiger partial charge in [0.15, 0.2) is 11.5 Å². The number of anilines is 1. The minimum Gasteiger partial charge on any atom is -0.486 e. The van der Waals surface area contributed by atoms with Crippen LogP contribution in [0.15, 0.2) is 36.5 Å². The predicted octanol–water partition coefficient (Wildman–Crippen LogP) is 1.92. The van der Waals surface area contributed by atoms with Gasteiger partial charge in [0.05, 0.1) is 5.56 Å². The lowest BCUT2D eigenvalue weighted by Gasteiger charge is -2.35. The summed E-state index contributed by atoms with van der Waals surface area (Å²) in [5.74, 6) is 2.53. The lowest BCUT2D eigenvalue weighted by molar-refractivity contribution is 0.0955. The van der Waals surface area contributed by atoms with Crippen LogP contribution in [0.4, 0.5) is 5.82 Å². The fourth-order valence-electron chi connectivity index (χ4n) is 3.55. The highest BCUT2D eigenvalue weighted by atomic mass is 16.6. The van der Waals surface area contributed by atoms with E-state index >= 15 is 0 Å². The maximum Gasteiger partial charge on any atom is 0.252 e. The Morgan fingerprint density at radius 2 is 1.86 bits per heavy atom. The summed E-state index contributed by atoms with van der Waals surface area (Å²) >= 11 is 0. The van der Waals surface area contributed by atoms with Crippen LogP contribution in [0.1, 0.15) is 22.8 Å². The molecular weight excluding hydrogens is 356 g/mol. The summed E-state index contributed by atoms with van der Waals surface area (Å²) in [6.07, 6.45) is 1.65. The standard InChI is InChI=1S/C21H26N4O3/c1-2-22-21(26)17-4-6-20(23-14-17)25-9-7-24(8-10-25)15-16-3-5-18-19(13-16)28-12-11-27-18/h3-6,13-14H,2,7-12,15H2,1H3,(H,22,26). The van der Waals surface area contributed by atoms with E-state index < -0.39 is 0 Å². The zero-order valence-corrected chi connectivity index (χ0v) is 16.2. The summed E-state index contributed by atoms with van der Waals surface area (Å²) in [5, 5.41) is 2.79. The van der Waals surface area contributed by atoms with E-state index in [4.69, 9.17) is 9.47 Å². The quantitative estimate of drug-likeness (QED) is 0.852. The second kappa shape index (κ2) is 8.48. The number of nitrogens with zero attached hydrogens (tertiary/aromatic N) is 3. The minimum atomic E-state index is -0.0780. The number of nitrogens with one attached hydrogen (secondary N) is 1. The highest BCUT2D eigenvalue weighted by molar-refractivity contribution is 5.94. The molecule has 1 aromatic heterocycles. The summed E-state index contributed by atoms with van der Waals surface area (Å²) in [4.78, 5) is 21.0. The van der Waals surface area contributed by atoms with E-state index in [-0.39, 0.29) is 5.91 Å². The molecule has 2 aromatic rings. The Morgan fingerprint density at radius 3 is 2.57 bits per heavy atom. The molecule has 0 radical (unpaired) electrons. The number of pyridine rings is 1. The molecule has 1 saturated heterocycles. The number of piperazine rings is 1. The third-order valence-electron chi connectivity index (χ3n) is 5.06. The van der Waals surface area contributed by atoms with Crippen molar-refractivity contribution in [2.24, 2.45) is 0 Å². The highest BCUT2D eigenvalue weighted by Crippen LogP contribution is 2.31. The molecule has 2 aliphatic rings. The Labute approximate surface area is 165 Å². The number of benzene rings is 1. The van der Waals surface area contributed by atoms with E-state index in [0.717, 1.165) is 50.0 Å². The first-order valence-electron chi connectivity index (χ1n) is 9.83. The van der Waals surface area contributed by atoms with Gasteiger partial charge < -0.3 is 19.7 Å². The van der Waals surface area contributed by atoms with Crippen LogP contribution in [0.2, 0.25) is 0 Å². The number of hydrogen-bond acceptors (Lipinski definition) is 6. The smallest absolute Gasteiger partial charge is 0.252 e. The van der Waals surface area contributed by atoms with E-state index in [0.29, 0.717) is 25.3 Å². The van der Waals surface area contributed by atoms with E-state index in [1.165, 1.54) is 5.56 Å². The first-order chi connectivity index (χ1) is 13.7. The molecule has 7 heteroatoms. The third kappa shape index (κ3) is 4.20. The fourth-order valence-corrected chi connectivity index (χ4v) is 3.55. The molecular formula is C21H26N4O3. The number of carbonyl (C=O) groups is 1. The van der Waals surface area contributed by atoms with E-state index in [1.54, 1.807) is 6.20 Å². The molecule has 1 fully saturated rings. The van der Waals surface area contributed by atoms with Crippen molar-refractivity contribution in [2.45, 2.75) is 13.5 Å². The lowest BCUT2D eigenvalue weighted by atomic mass is 10.1. The monoisotopic (exact) mass is 382 g/mol. The van der Waals surface area contributed by atoms with Gasteiger partial charge in [0.1, 0.15) is 19.0 Å². The number of amides is 1.